The van der Waals surface area contributed by atoms with Gasteiger partial charge in [0.05, 0.1) is 17.8 Å². The first kappa shape index (κ1) is 13.0. The maximum Gasteiger partial charge on any atom is 0.337 e. The van der Waals surface area contributed by atoms with Crippen LogP contribution in [0.5, 0.6) is 0 Å². The number of para-hydroxylation sites is 1. The molecule has 0 fully saturated rings. The van der Waals surface area contributed by atoms with Gasteiger partial charge in [0.25, 0.3) is 0 Å². The minimum atomic E-state index is -1.18. The third-order valence-electron chi connectivity index (χ3n) is 2.70. The van der Waals surface area contributed by atoms with E-state index in [0.29, 0.717) is 12.4 Å². The van der Waals surface area contributed by atoms with Crippen molar-refractivity contribution >= 4 is 11.7 Å². The molecule has 1 aromatic heterocycles. The van der Waals surface area contributed by atoms with Gasteiger partial charge in [0, 0.05) is 6.54 Å². The van der Waals surface area contributed by atoms with Gasteiger partial charge in [-0.05, 0) is 19.1 Å². The second-order valence-electron chi connectivity index (χ2n) is 3.85. The SMILES string of the molecule is CCn1cnnc1CNc1c(F)cccc1C(=O)O. The third-order valence-corrected chi connectivity index (χ3v) is 2.70. The van der Waals surface area contributed by atoms with E-state index in [0.717, 1.165) is 0 Å². The van der Waals surface area contributed by atoms with E-state index in [2.05, 4.69) is 15.5 Å². The van der Waals surface area contributed by atoms with Crippen LogP contribution in [0.15, 0.2) is 24.5 Å². The summed E-state index contributed by atoms with van der Waals surface area (Å²) >= 11 is 0. The van der Waals surface area contributed by atoms with Crippen LogP contribution in [0.3, 0.4) is 0 Å². The molecule has 0 atom stereocenters. The predicted octanol–water partition coefficient (Wildman–Crippen LogP) is 1.75. The maximum atomic E-state index is 13.7. The van der Waals surface area contributed by atoms with E-state index < -0.39 is 11.8 Å². The molecule has 0 saturated heterocycles. The van der Waals surface area contributed by atoms with E-state index in [1.54, 1.807) is 10.9 Å². The van der Waals surface area contributed by atoms with Crippen LogP contribution < -0.4 is 5.32 Å². The van der Waals surface area contributed by atoms with Gasteiger partial charge in [0.1, 0.15) is 12.1 Å². The Balaban J connectivity index is 2.22. The number of carboxylic acids is 1. The molecular formula is C12H13FN4O2. The first-order chi connectivity index (χ1) is 9.13. The number of hydrogen-bond acceptors (Lipinski definition) is 4. The molecule has 1 heterocycles. The number of halogens is 1. The van der Waals surface area contributed by atoms with Crippen LogP contribution in [0, 0.1) is 5.82 Å². The molecule has 0 saturated carbocycles. The summed E-state index contributed by atoms with van der Waals surface area (Å²) in [4.78, 5) is 11.0. The normalized spacial score (nSPS) is 10.4. The van der Waals surface area contributed by atoms with Crippen molar-refractivity contribution in [2.24, 2.45) is 0 Å². The number of nitrogens with zero attached hydrogens (tertiary/aromatic N) is 3. The van der Waals surface area contributed by atoms with Gasteiger partial charge in [-0.3, -0.25) is 0 Å². The lowest BCUT2D eigenvalue weighted by Gasteiger charge is -2.10. The highest BCUT2D eigenvalue weighted by atomic mass is 19.1. The highest BCUT2D eigenvalue weighted by Gasteiger charge is 2.14. The van der Waals surface area contributed by atoms with Gasteiger partial charge in [-0.25, -0.2) is 9.18 Å². The predicted molar refractivity (Wildman–Crippen MR) is 66.4 cm³/mol. The second-order valence-corrected chi connectivity index (χ2v) is 3.85. The molecule has 2 aromatic rings. The Hall–Kier alpha value is -2.44. The first-order valence-corrected chi connectivity index (χ1v) is 5.75. The molecule has 0 unspecified atom stereocenters. The number of anilines is 1. The molecule has 6 nitrogen and oxygen atoms in total. The van der Waals surface area contributed by atoms with Crippen LogP contribution in [0.1, 0.15) is 23.1 Å². The van der Waals surface area contributed by atoms with Crippen molar-refractivity contribution in [2.45, 2.75) is 20.0 Å². The molecule has 100 valence electrons. The van der Waals surface area contributed by atoms with Crippen molar-refractivity contribution in [2.75, 3.05) is 5.32 Å². The molecule has 19 heavy (non-hydrogen) atoms. The zero-order valence-corrected chi connectivity index (χ0v) is 10.3. The van der Waals surface area contributed by atoms with E-state index in [9.17, 15) is 9.18 Å². The highest BCUT2D eigenvalue weighted by molar-refractivity contribution is 5.94. The Morgan fingerprint density at radius 3 is 3.00 bits per heavy atom. The van der Waals surface area contributed by atoms with Gasteiger partial charge in [-0.1, -0.05) is 6.07 Å². The quantitative estimate of drug-likeness (QED) is 0.860. The Morgan fingerprint density at radius 1 is 1.53 bits per heavy atom. The monoisotopic (exact) mass is 264 g/mol. The van der Waals surface area contributed by atoms with E-state index in [-0.39, 0.29) is 17.8 Å². The molecule has 2 rings (SSSR count). The zero-order valence-electron chi connectivity index (χ0n) is 10.3. The minimum Gasteiger partial charge on any atom is -0.478 e. The summed E-state index contributed by atoms with van der Waals surface area (Å²) in [6.07, 6.45) is 1.57. The fourth-order valence-corrected chi connectivity index (χ4v) is 1.73. The van der Waals surface area contributed by atoms with E-state index in [4.69, 9.17) is 5.11 Å². The summed E-state index contributed by atoms with van der Waals surface area (Å²) in [5, 5.41) is 19.4. The smallest absolute Gasteiger partial charge is 0.337 e. The first-order valence-electron chi connectivity index (χ1n) is 5.75. The van der Waals surface area contributed by atoms with Gasteiger partial charge in [0.2, 0.25) is 0 Å². The molecule has 1 aromatic carbocycles. The van der Waals surface area contributed by atoms with Crippen LogP contribution in [0.4, 0.5) is 10.1 Å². The van der Waals surface area contributed by atoms with E-state index in [1.165, 1.54) is 18.2 Å². The standard InChI is InChI=1S/C12H13FN4O2/c1-2-17-7-15-16-10(17)6-14-11-8(12(18)19)4-3-5-9(11)13/h3-5,7,14H,2,6H2,1H3,(H,18,19). The third kappa shape index (κ3) is 2.70. The second kappa shape index (κ2) is 5.47. The number of hydrogen-bond donors (Lipinski definition) is 2. The summed E-state index contributed by atoms with van der Waals surface area (Å²) in [6, 6.07) is 3.91. The van der Waals surface area contributed by atoms with Gasteiger partial charge in [-0.2, -0.15) is 0 Å². The van der Waals surface area contributed by atoms with Crippen LogP contribution >= 0.6 is 0 Å². The van der Waals surface area contributed by atoms with Crippen LogP contribution in [0.25, 0.3) is 0 Å². The summed E-state index contributed by atoms with van der Waals surface area (Å²) in [5.74, 6) is -1.18. The van der Waals surface area contributed by atoms with Gasteiger partial charge in [0.15, 0.2) is 5.82 Å². The van der Waals surface area contributed by atoms with Gasteiger partial charge >= 0.3 is 5.97 Å². The summed E-state index contributed by atoms with van der Waals surface area (Å²) < 4.78 is 15.4. The number of benzene rings is 1. The van der Waals surface area contributed by atoms with E-state index >= 15 is 0 Å². The summed E-state index contributed by atoms with van der Waals surface area (Å²) in [5.41, 5.74) is -0.150. The lowest BCUT2D eigenvalue weighted by molar-refractivity contribution is 0.0697. The molecular weight excluding hydrogens is 251 g/mol. The fraction of sp³-hybridized carbons (Fsp3) is 0.250. The van der Waals surface area contributed by atoms with Crippen LogP contribution in [-0.2, 0) is 13.1 Å². The molecule has 2 N–H and O–H groups in total. The summed E-state index contributed by atoms with van der Waals surface area (Å²) in [7, 11) is 0. The Kier molecular flexibility index (Phi) is 3.74. The van der Waals surface area contributed by atoms with E-state index in [1.807, 2.05) is 6.92 Å². The Labute approximate surface area is 108 Å². The highest BCUT2D eigenvalue weighted by Crippen LogP contribution is 2.20. The Bertz CT molecular complexity index is 597. The average molecular weight is 264 g/mol. The van der Waals surface area contributed by atoms with Crippen molar-refractivity contribution in [3.63, 3.8) is 0 Å². The van der Waals surface area contributed by atoms with Crippen molar-refractivity contribution < 1.29 is 14.3 Å². The summed E-state index contributed by atoms with van der Waals surface area (Å²) in [6.45, 7) is 2.82. The molecule has 0 bridgehead atoms. The topological polar surface area (TPSA) is 80.0 Å². The Morgan fingerprint density at radius 2 is 2.32 bits per heavy atom. The van der Waals surface area contributed by atoms with Crippen molar-refractivity contribution in [1.82, 2.24) is 14.8 Å². The molecule has 0 spiro atoms. The lowest BCUT2D eigenvalue weighted by atomic mass is 10.1. The molecule has 0 amide bonds. The number of carboxylic acid groups (broad SMARTS) is 1. The number of rotatable bonds is 5. The van der Waals surface area contributed by atoms with Crippen molar-refractivity contribution in [1.29, 1.82) is 0 Å². The number of aryl methyl sites for hydroxylation is 1. The molecule has 0 aliphatic heterocycles. The van der Waals surface area contributed by atoms with Crippen molar-refractivity contribution in [3.8, 4) is 0 Å². The fourth-order valence-electron chi connectivity index (χ4n) is 1.73. The molecule has 0 radical (unpaired) electrons. The maximum absolute atomic E-state index is 13.7. The number of carbonyl (C=O) groups is 1. The van der Waals surface area contributed by atoms with Crippen molar-refractivity contribution in [3.05, 3.63) is 41.7 Å². The van der Waals surface area contributed by atoms with Gasteiger partial charge < -0.3 is 15.0 Å². The number of aromatic nitrogens is 3. The largest absolute Gasteiger partial charge is 0.478 e. The lowest BCUT2D eigenvalue weighted by Crippen LogP contribution is -2.11. The minimum absolute atomic E-state index is 0.0411. The molecule has 7 heteroatoms. The average Bonchev–Trinajstić information content (AvgIpc) is 2.84. The zero-order chi connectivity index (χ0) is 13.8. The number of aromatic carboxylic acids is 1. The van der Waals surface area contributed by atoms with Crippen LogP contribution in [-0.4, -0.2) is 25.8 Å². The van der Waals surface area contributed by atoms with Crippen LogP contribution in [0.2, 0.25) is 0 Å². The molecule has 0 aliphatic carbocycles. The van der Waals surface area contributed by atoms with Gasteiger partial charge in [-0.15, -0.1) is 10.2 Å². The number of nitrogens with one attached hydrogen (secondary N) is 1. The molecule has 0 aliphatic rings.